The van der Waals surface area contributed by atoms with Crippen LogP contribution in [0.3, 0.4) is 0 Å². The van der Waals surface area contributed by atoms with Gasteiger partial charge in [-0.1, -0.05) is 19.8 Å². The second-order valence-corrected chi connectivity index (χ2v) is 7.71. The first-order chi connectivity index (χ1) is 10.1. The third kappa shape index (κ3) is 3.26. The maximum absolute atomic E-state index is 11.9. The fourth-order valence-electron chi connectivity index (χ4n) is 4.85. The van der Waals surface area contributed by atoms with Crippen molar-refractivity contribution in [2.24, 2.45) is 11.3 Å². The van der Waals surface area contributed by atoms with Crippen LogP contribution in [-0.4, -0.2) is 59.6 Å². The molecule has 4 nitrogen and oxygen atoms in total. The Hall–Kier alpha value is -0.610. The predicted octanol–water partition coefficient (Wildman–Crippen LogP) is 2.44. The lowest BCUT2D eigenvalue weighted by molar-refractivity contribution is -0.153. The van der Waals surface area contributed by atoms with Gasteiger partial charge in [-0.3, -0.25) is 9.69 Å². The number of nitrogens with zero attached hydrogens (tertiary/aromatic N) is 2. The van der Waals surface area contributed by atoms with Gasteiger partial charge in [0.25, 0.3) is 0 Å². The topological polar surface area (TPSA) is 43.8 Å². The van der Waals surface area contributed by atoms with Gasteiger partial charge in [-0.25, -0.2) is 0 Å². The highest BCUT2D eigenvalue weighted by Crippen LogP contribution is 2.41. The van der Waals surface area contributed by atoms with Crippen molar-refractivity contribution >= 4 is 5.97 Å². The van der Waals surface area contributed by atoms with Crippen molar-refractivity contribution < 1.29 is 9.90 Å². The van der Waals surface area contributed by atoms with Gasteiger partial charge in [0.15, 0.2) is 0 Å². The number of hydrogen-bond donors (Lipinski definition) is 1. The van der Waals surface area contributed by atoms with Gasteiger partial charge in [0.05, 0.1) is 5.41 Å². The Morgan fingerprint density at radius 3 is 2.62 bits per heavy atom. The smallest absolute Gasteiger partial charge is 0.310 e. The molecule has 0 spiro atoms. The van der Waals surface area contributed by atoms with Crippen molar-refractivity contribution in [3.63, 3.8) is 0 Å². The minimum absolute atomic E-state index is 0.475. The van der Waals surface area contributed by atoms with Crippen LogP contribution in [0.25, 0.3) is 0 Å². The number of rotatable bonds is 4. The molecule has 3 unspecified atom stereocenters. The Morgan fingerprint density at radius 2 is 1.95 bits per heavy atom. The number of carboxylic acids is 1. The number of hydrogen-bond acceptors (Lipinski definition) is 3. The molecule has 3 atom stereocenters. The molecule has 3 fully saturated rings. The molecule has 1 saturated carbocycles. The first-order valence-corrected chi connectivity index (χ1v) is 8.79. The molecule has 2 saturated heterocycles. The van der Waals surface area contributed by atoms with E-state index in [1.165, 1.54) is 38.8 Å². The molecule has 4 heteroatoms. The Labute approximate surface area is 128 Å². The minimum Gasteiger partial charge on any atom is -0.481 e. The Balaban J connectivity index is 1.60. The van der Waals surface area contributed by atoms with Crippen molar-refractivity contribution in [2.45, 2.75) is 57.9 Å². The summed E-state index contributed by atoms with van der Waals surface area (Å²) in [6.45, 7) is 7.66. The maximum atomic E-state index is 11.9. The summed E-state index contributed by atoms with van der Waals surface area (Å²) in [7, 11) is 0. The lowest BCUT2D eigenvalue weighted by Crippen LogP contribution is -2.46. The van der Waals surface area contributed by atoms with E-state index in [0.29, 0.717) is 12.0 Å². The highest BCUT2D eigenvalue weighted by Gasteiger charge is 2.44. The van der Waals surface area contributed by atoms with Gasteiger partial charge in [0, 0.05) is 19.1 Å². The summed E-state index contributed by atoms with van der Waals surface area (Å²) < 4.78 is 0. The minimum atomic E-state index is -0.557. The lowest BCUT2D eigenvalue weighted by Gasteiger charge is -2.39. The van der Waals surface area contributed by atoms with Gasteiger partial charge in [-0.2, -0.15) is 0 Å². The van der Waals surface area contributed by atoms with Crippen LogP contribution >= 0.6 is 0 Å². The number of carboxylic acid groups (broad SMARTS) is 1. The fourth-order valence-corrected chi connectivity index (χ4v) is 4.85. The second kappa shape index (κ2) is 6.25. The molecule has 0 amide bonds. The monoisotopic (exact) mass is 294 g/mol. The molecular formula is C17H30N2O2. The molecule has 1 N–H and O–H groups in total. The van der Waals surface area contributed by atoms with E-state index in [4.69, 9.17) is 0 Å². The van der Waals surface area contributed by atoms with Crippen LogP contribution < -0.4 is 0 Å². The van der Waals surface area contributed by atoms with Crippen molar-refractivity contribution in [1.29, 1.82) is 0 Å². The van der Waals surface area contributed by atoms with Crippen LogP contribution in [0.2, 0.25) is 0 Å². The number of likely N-dealkylation sites (tertiary alicyclic amines) is 2. The van der Waals surface area contributed by atoms with E-state index in [-0.39, 0.29) is 0 Å². The van der Waals surface area contributed by atoms with E-state index in [2.05, 4.69) is 16.7 Å². The van der Waals surface area contributed by atoms with Gasteiger partial charge in [0.2, 0.25) is 0 Å². The summed E-state index contributed by atoms with van der Waals surface area (Å²) in [5.41, 5.74) is -0.475. The quantitative estimate of drug-likeness (QED) is 0.865. The molecule has 21 heavy (non-hydrogen) atoms. The molecule has 2 aliphatic heterocycles. The number of aliphatic carboxylic acids is 1. The summed E-state index contributed by atoms with van der Waals surface area (Å²) >= 11 is 0. The first kappa shape index (κ1) is 15.3. The van der Waals surface area contributed by atoms with E-state index < -0.39 is 11.4 Å². The predicted molar refractivity (Wildman–Crippen MR) is 83.4 cm³/mol. The molecule has 0 radical (unpaired) electrons. The summed E-state index contributed by atoms with van der Waals surface area (Å²) in [5.74, 6) is 0.00510. The van der Waals surface area contributed by atoms with E-state index in [1.54, 1.807) is 0 Å². The molecule has 2 heterocycles. The molecule has 0 aromatic rings. The van der Waals surface area contributed by atoms with Crippen LogP contribution in [0.15, 0.2) is 0 Å². The first-order valence-electron chi connectivity index (χ1n) is 8.79. The van der Waals surface area contributed by atoms with Crippen molar-refractivity contribution in [2.75, 3.05) is 32.7 Å². The van der Waals surface area contributed by atoms with Gasteiger partial charge in [-0.05, 0) is 57.7 Å². The Bertz CT molecular complexity index is 381. The van der Waals surface area contributed by atoms with Crippen molar-refractivity contribution in [3.05, 3.63) is 0 Å². The SMILES string of the molecule is CC1CCCC(CN2CCC(N3CCCC3)C2)(C(=O)O)C1. The third-order valence-corrected chi connectivity index (χ3v) is 5.98. The van der Waals surface area contributed by atoms with Crippen molar-refractivity contribution in [1.82, 2.24) is 9.80 Å². The van der Waals surface area contributed by atoms with Crippen LogP contribution in [0.5, 0.6) is 0 Å². The van der Waals surface area contributed by atoms with Crippen LogP contribution in [0.4, 0.5) is 0 Å². The second-order valence-electron chi connectivity index (χ2n) is 7.71. The average Bonchev–Trinajstić information content (AvgIpc) is 3.08. The Morgan fingerprint density at radius 1 is 1.19 bits per heavy atom. The normalized spacial score (nSPS) is 38.9. The van der Waals surface area contributed by atoms with Gasteiger partial charge < -0.3 is 10.0 Å². The molecule has 1 aliphatic carbocycles. The maximum Gasteiger partial charge on any atom is 0.310 e. The molecule has 120 valence electrons. The standard InChI is InChI=1S/C17H30N2O2/c1-14-5-4-7-17(11-14,16(20)21)13-18-10-6-15(12-18)19-8-2-3-9-19/h14-15H,2-13H2,1H3,(H,20,21). The zero-order chi connectivity index (χ0) is 14.9. The molecule has 0 bridgehead atoms. The summed E-state index contributed by atoms with van der Waals surface area (Å²) in [6, 6.07) is 0.680. The highest BCUT2D eigenvalue weighted by molar-refractivity contribution is 5.75. The van der Waals surface area contributed by atoms with E-state index in [0.717, 1.165) is 38.9 Å². The lowest BCUT2D eigenvalue weighted by atomic mass is 9.69. The molecule has 3 rings (SSSR count). The third-order valence-electron chi connectivity index (χ3n) is 5.98. The van der Waals surface area contributed by atoms with Gasteiger partial charge >= 0.3 is 5.97 Å². The van der Waals surface area contributed by atoms with Gasteiger partial charge in [-0.15, -0.1) is 0 Å². The van der Waals surface area contributed by atoms with Crippen LogP contribution in [0.1, 0.15) is 51.9 Å². The fraction of sp³-hybridized carbons (Fsp3) is 0.941. The molecule has 0 aromatic heterocycles. The number of carbonyl (C=O) groups is 1. The summed E-state index contributed by atoms with van der Waals surface area (Å²) in [5, 5.41) is 9.81. The average molecular weight is 294 g/mol. The molecular weight excluding hydrogens is 264 g/mol. The van der Waals surface area contributed by atoms with E-state index in [9.17, 15) is 9.90 Å². The van der Waals surface area contributed by atoms with Crippen LogP contribution in [-0.2, 0) is 4.79 Å². The van der Waals surface area contributed by atoms with Crippen LogP contribution in [0, 0.1) is 11.3 Å². The zero-order valence-electron chi connectivity index (χ0n) is 13.4. The summed E-state index contributed by atoms with van der Waals surface area (Å²) in [4.78, 5) is 17.0. The largest absolute Gasteiger partial charge is 0.481 e. The summed E-state index contributed by atoms with van der Waals surface area (Å²) in [6.07, 6.45) is 7.93. The zero-order valence-corrected chi connectivity index (χ0v) is 13.4. The van der Waals surface area contributed by atoms with E-state index in [1.807, 2.05) is 0 Å². The molecule has 3 aliphatic rings. The Kier molecular flexibility index (Phi) is 4.55. The highest BCUT2D eigenvalue weighted by atomic mass is 16.4. The van der Waals surface area contributed by atoms with Crippen molar-refractivity contribution in [3.8, 4) is 0 Å². The molecule has 0 aromatic carbocycles. The van der Waals surface area contributed by atoms with Gasteiger partial charge in [0.1, 0.15) is 0 Å². The van der Waals surface area contributed by atoms with E-state index >= 15 is 0 Å².